The molecule has 1 aliphatic carbocycles. The molecule has 18 heavy (non-hydrogen) atoms. The van der Waals surface area contributed by atoms with Crippen molar-refractivity contribution in [3.63, 3.8) is 0 Å². The summed E-state index contributed by atoms with van der Waals surface area (Å²) in [4.78, 5) is 12.0. The second-order valence-electron chi connectivity index (χ2n) is 4.93. The Morgan fingerprint density at radius 3 is 2.89 bits per heavy atom. The number of aryl methyl sites for hydroxylation is 1. The molecule has 1 aliphatic rings. The third-order valence-corrected chi connectivity index (χ3v) is 3.69. The lowest BCUT2D eigenvalue weighted by atomic mass is 9.85. The van der Waals surface area contributed by atoms with Crippen molar-refractivity contribution in [2.45, 2.75) is 45.1 Å². The molecule has 0 spiro atoms. The van der Waals surface area contributed by atoms with Crippen molar-refractivity contribution in [3.05, 3.63) is 23.7 Å². The van der Waals surface area contributed by atoms with Gasteiger partial charge in [0.1, 0.15) is 5.76 Å². The summed E-state index contributed by atoms with van der Waals surface area (Å²) in [5.41, 5.74) is 0. The zero-order valence-corrected chi connectivity index (χ0v) is 10.8. The number of hydrogen-bond donors (Lipinski definition) is 2. The van der Waals surface area contributed by atoms with E-state index < -0.39 is 0 Å². The normalized spacial score (nSPS) is 23.9. The number of nitrogens with one attached hydrogen (secondary N) is 1. The number of carbonyl (C=O) groups excluding carboxylic acids is 1. The van der Waals surface area contributed by atoms with Crippen LogP contribution in [0.4, 0.5) is 0 Å². The van der Waals surface area contributed by atoms with Gasteiger partial charge in [0.15, 0.2) is 5.76 Å². The summed E-state index contributed by atoms with van der Waals surface area (Å²) in [7, 11) is 0. The number of furan rings is 1. The van der Waals surface area contributed by atoms with E-state index in [0.717, 1.165) is 37.9 Å². The van der Waals surface area contributed by atoms with Crippen LogP contribution in [0.5, 0.6) is 0 Å². The molecule has 1 saturated carbocycles. The molecule has 100 valence electrons. The van der Waals surface area contributed by atoms with Gasteiger partial charge in [0.05, 0.1) is 0 Å². The summed E-state index contributed by atoms with van der Waals surface area (Å²) in [5, 5.41) is 12.3. The van der Waals surface area contributed by atoms with Crippen LogP contribution in [0.15, 0.2) is 16.5 Å². The number of hydrogen-bond acceptors (Lipinski definition) is 3. The summed E-state index contributed by atoms with van der Waals surface area (Å²) < 4.78 is 5.43. The molecule has 1 heterocycles. The largest absolute Gasteiger partial charge is 0.456 e. The quantitative estimate of drug-likeness (QED) is 0.861. The maximum absolute atomic E-state index is 12.0. The number of rotatable bonds is 4. The summed E-state index contributed by atoms with van der Waals surface area (Å²) in [6.45, 7) is 2.13. The predicted octanol–water partition coefficient (Wildman–Crippen LogP) is 2.12. The molecule has 0 aromatic carbocycles. The maximum atomic E-state index is 12.0. The van der Waals surface area contributed by atoms with E-state index in [-0.39, 0.29) is 24.5 Å². The fourth-order valence-electron chi connectivity index (χ4n) is 2.55. The first-order chi connectivity index (χ1) is 8.74. The van der Waals surface area contributed by atoms with Crippen LogP contribution in [0.25, 0.3) is 0 Å². The van der Waals surface area contributed by atoms with Crippen LogP contribution in [-0.2, 0) is 6.42 Å². The third kappa shape index (κ3) is 2.93. The Labute approximate surface area is 107 Å². The van der Waals surface area contributed by atoms with Crippen LogP contribution in [0, 0.1) is 5.92 Å². The molecule has 2 atom stereocenters. The highest BCUT2D eigenvalue weighted by atomic mass is 16.3. The molecule has 1 fully saturated rings. The monoisotopic (exact) mass is 251 g/mol. The van der Waals surface area contributed by atoms with Crippen LogP contribution >= 0.6 is 0 Å². The Morgan fingerprint density at radius 1 is 1.44 bits per heavy atom. The van der Waals surface area contributed by atoms with Crippen LogP contribution in [0.3, 0.4) is 0 Å². The topological polar surface area (TPSA) is 62.5 Å². The highest BCUT2D eigenvalue weighted by Crippen LogP contribution is 2.24. The molecule has 0 aliphatic heterocycles. The molecule has 2 unspecified atom stereocenters. The van der Waals surface area contributed by atoms with Crippen LogP contribution in [0.2, 0.25) is 0 Å². The van der Waals surface area contributed by atoms with Crippen LogP contribution in [-0.4, -0.2) is 23.7 Å². The minimum Gasteiger partial charge on any atom is -0.456 e. The number of carbonyl (C=O) groups is 1. The van der Waals surface area contributed by atoms with Gasteiger partial charge < -0.3 is 14.8 Å². The van der Waals surface area contributed by atoms with E-state index in [1.165, 1.54) is 0 Å². The van der Waals surface area contributed by atoms with E-state index in [2.05, 4.69) is 5.32 Å². The average molecular weight is 251 g/mol. The van der Waals surface area contributed by atoms with Gasteiger partial charge in [-0.25, -0.2) is 0 Å². The second kappa shape index (κ2) is 6.05. The van der Waals surface area contributed by atoms with Gasteiger partial charge in [0, 0.05) is 25.0 Å². The molecule has 1 amide bonds. The van der Waals surface area contributed by atoms with Crippen molar-refractivity contribution in [3.8, 4) is 0 Å². The molecular formula is C14H21NO3. The van der Waals surface area contributed by atoms with Crippen molar-refractivity contribution < 1.29 is 14.3 Å². The van der Waals surface area contributed by atoms with Gasteiger partial charge in [-0.3, -0.25) is 4.79 Å². The first kappa shape index (κ1) is 13.1. The SMILES string of the molecule is CCc1ccc(C(=O)NC2CCCCC2CO)o1. The van der Waals surface area contributed by atoms with E-state index in [0.29, 0.717) is 5.76 Å². The molecule has 0 radical (unpaired) electrons. The number of aliphatic hydroxyl groups is 1. The van der Waals surface area contributed by atoms with Gasteiger partial charge in [0.2, 0.25) is 0 Å². The Balaban J connectivity index is 1.97. The number of amides is 1. The first-order valence-corrected chi connectivity index (χ1v) is 6.75. The van der Waals surface area contributed by atoms with Crippen molar-refractivity contribution in [2.24, 2.45) is 5.92 Å². The van der Waals surface area contributed by atoms with Gasteiger partial charge in [-0.2, -0.15) is 0 Å². The van der Waals surface area contributed by atoms with Gasteiger partial charge in [-0.05, 0) is 25.0 Å². The molecule has 1 aromatic rings. The standard InChI is InChI=1S/C14H21NO3/c1-2-11-7-8-13(18-11)14(17)15-12-6-4-3-5-10(12)9-16/h7-8,10,12,16H,2-6,9H2,1H3,(H,15,17). The lowest BCUT2D eigenvalue weighted by Gasteiger charge is -2.30. The van der Waals surface area contributed by atoms with E-state index >= 15 is 0 Å². The summed E-state index contributed by atoms with van der Waals surface area (Å²) in [5.74, 6) is 1.21. The van der Waals surface area contributed by atoms with E-state index in [4.69, 9.17) is 4.42 Å². The Bertz CT molecular complexity index is 399. The molecule has 0 saturated heterocycles. The fourth-order valence-corrected chi connectivity index (χ4v) is 2.55. The zero-order chi connectivity index (χ0) is 13.0. The smallest absolute Gasteiger partial charge is 0.287 e. The van der Waals surface area contributed by atoms with Gasteiger partial charge in [0.25, 0.3) is 5.91 Å². The molecule has 2 N–H and O–H groups in total. The predicted molar refractivity (Wildman–Crippen MR) is 68.4 cm³/mol. The van der Waals surface area contributed by atoms with E-state index in [9.17, 15) is 9.90 Å². The lowest BCUT2D eigenvalue weighted by Crippen LogP contribution is -2.43. The Morgan fingerprint density at radius 2 is 2.22 bits per heavy atom. The molecule has 4 nitrogen and oxygen atoms in total. The van der Waals surface area contributed by atoms with Crippen molar-refractivity contribution >= 4 is 5.91 Å². The van der Waals surface area contributed by atoms with E-state index in [1.807, 2.05) is 13.0 Å². The maximum Gasteiger partial charge on any atom is 0.287 e. The van der Waals surface area contributed by atoms with Gasteiger partial charge in [-0.15, -0.1) is 0 Å². The highest BCUT2D eigenvalue weighted by Gasteiger charge is 2.26. The van der Waals surface area contributed by atoms with Crippen LogP contribution < -0.4 is 5.32 Å². The van der Waals surface area contributed by atoms with Gasteiger partial charge in [-0.1, -0.05) is 19.8 Å². The summed E-state index contributed by atoms with van der Waals surface area (Å²) in [6.07, 6.45) is 4.96. The molecular weight excluding hydrogens is 230 g/mol. The minimum atomic E-state index is -0.167. The zero-order valence-electron chi connectivity index (χ0n) is 10.8. The molecule has 2 rings (SSSR count). The van der Waals surface area contributed by atoms with Gasteiger partial charge >= 0.3 is 0 Å². The molecule has 4 heteroatoms. The van der Waals surface area contributed by atoms with E-state index in [1.54, 1.807) is 6.07 Å². The third-order valence-electron chi connectivity index (χ3n) is 3.69. The summed E-state index contributed by atoms with van der Waals surface area (Å²) in [6, 6.07) is 3.62. The van der Waals surface area contributed by atoms with Crippen molar-refractivity contribution in [1.82, 2.24) is 5.32 Å². The molecule has 1 aromatic heterocycles. The number of aliphatic hydroxyl groups excluding tert-OH is 1. The molecule has 0 bridgehead atoms. The van der Waals surface area contributed by atoms with Crippen LogP contribution in [0.1, 0.15) is 48.9 Å². The summed E-state index contributed by atoms with van der Waals surface area (Å²) >= 11 is 0. The average Bonchev–Trinajstić information content (AvgIpc) is 2.88. The highest BCUT2D eigenvalue weighted by molar-refractivity contribution is 5.91. The lowest BCUT2D eigenvalue weighted by molar-refractivity contribution is 0.0843. The second-order valence-corrected chi connectivity index (χ2v) is 4.93. The van der Waals surface area contributed by atoms with Crippen molar-refractivity contribution in [1.29, 1.82) is 0 Å². The Hall–Kier alpha value is -1.29. The fraction of sp³-hybridized carbons (Fsp3) is 0.643. The van der Waals surface area contributed by atoms with Crippen molar-refractivity contribution in [2.75, 3.05) is 6.61 Å². The first-order valence-electron chi connectivity index (χ1n) is 6.75. The minimum absolute atomic E-state index is 0.0754. The Kier molecular flexibility index (Phi) is 4.42.